The fourth-order valence-corrected chi connectivity index (χ4v) is 4.92. The van der Waals surface area contributed by atoms with Crippen LogP contribution >= 0.6 is 0 Å². The molecule has 2 unspecified atom stereocenters. The predicted octanol–water partition coefficient (Wildman–Crippen LogP) is 0.562. The number of nitrogens with zero attached hydrogens (tertiary/aromatic N) is 2. The molecule has 2 aliphatic rings. The summed E-state index contributed by atoms with van der Waals surface area (Å²) in [5.41, 5.74) is 0. The molecule has 2 aliphatic heterocycles. The van der Waals surface area contributed by atoms with Crippen molar-refractivity contribution in [1.82, 2.24) is 19.8 Å². The van der Waals surface area contributed by atoms with E-state index in [0.29, 0.717) is 12.5 Å². The molecule has 106 valence electrons. The lowest BCUT2D eigenvalue weighted by molar-refractivity contribution is 0.239. The van der Waals surface area contributed by atoms with Crippen LogP contribution in [0.15, 0.2) is 17.3 Å². The van der Waals surface area contributed by atoms with Gasteiger partial charge >= 0.3 is 0 Å². The first-order valence-electron chi connectivity index (χ1n) is 6.91. The Morgan fingerprint density at radius 1 is 1.32 bits per heavy atom. The largest absolute Gasteiger partial charge is 0.316 e. The van der Waals surface area contributed by atoms with Crippen LogP contribution in [0.4, 0.5) is 0 Å². The van der Waals surface area contributed by atoms with Gasteiger partial charge in [0.1, 0.15) is 4.90 Å². The van der Waals surface area contributed by atoms with E-state index in [1.807, 2.05) is 0 Å². The van der Waals surface area contributed by atoms with Crippen molar-refractivity contribution in [3.63, 3.8) is 0 Å². The van der Waals surface area contributed by atoms with Crippen molar-refractivity contribution in [2.45, 2.75) is 36.6 Å². The Labute approximate surface area is 113 Å². The van der Waals surface area contributed by atoms with Gasteiger partial charge in [0.2, 0.25) is 10.0 Å². The summed E-state index contributed by atoms with van der Waals surface area (Å²) in [5.74, 6) is 0.443. The molecule has 0 spiro atoms. The Morgan fingerprint density at radius 2 is 2.21 bits per heavy atom. The summed E-state index contributed by atoms with van der Waals surface area (Å²) >= 11 is 0. The van der Waals surface area contributed by atoms with Gasteiger partial charge in [-0.05, 0) is 44.7 Å². The topological polar surface area (TPSA) is 78.1 Å². The lowest BCUT2D eigenvalue weighted by Crippen LogP contribution is -2.45. The minimum atomic E-state index is -3.38. The highest BCUT2D eigenvalue weighted by atomic mass is 32.2. The van der Waals surface area contributed by atoms with Gasteiger partial charge in [0.15, 0.2) is 0 Å². The van der Waals surface area contributed by atoms with Gasteiger partial charge in [-0.25, -0.2) is 8.42 Å². The first kappa shape index (κ1) is 13.1. The molecule has 0 aliphatic carbocycles. The second kappa shape index (κ2) is 5.22. The van der Waals surface area contributed by atoms with E-state index in [-0.39, 0.29) is 10.9 Å². The molecule has 2 N–H and O–H groups in total. The van der Waals surface area contributed by atoms with Crippen LogP contribution in [-0.2, 0) is 10.0 Å². The molecular weight excluding hydrogens is 264 g/mol. The van der Waals surface area contributed by atoms with Gasteiger partial charge in [0.25, 0.3) is 0 Å². The second-order valence-corrected chi connectivity index (χ2v) is 7.26. The third-order valence-corrected chi connectivity index (χ3v) is 6.10. The molecule has 3 heterocycles. The molecule has 0 aromatic carbocycles. The number of hydrogen-bond donors (Lipinski definition) is 2. The number of hydrogen-bond acceptors (Lipinski definition) is 4. The summed E-state index contributed by atoms with van der Waals surface area (Å²) in [7, 11) is -3.38. The average Bonchev–Trinajstić information content (AvgIpc) is 3.11. The number of nitrogens with one attached hydrogen (secondary N) is 2. The van der Waals surface area contributed by atoms with Crippen LogP contribution in [0.5, 0.6) is 0 Å². The van der Waals surface area contributed by atoms with Gasteiger partial charge in [0.05, 0.1) is 6.20 Å². The zero-order chi connectivity index (χ0) is 13.3. The Hall–Kier alpha value is -0.920. The lowest BCUT2D eigenvalue weighted by Gasteiger charge is -2.33. The van der Waals surface area contributed by atoms with E-state index in [1.54, 1.807) is 4.31 Å². The molecule has 2 fully saturated rings. The van der Waals surface area contributed by atoms with Crippen molar-refractivity contribution in [3.05, 3.63) is 12.4 Å². The summed E-state index contributed by atoms with van der Waals surface area (Å²) in [6.45, 7) is 2.62. The number of rotatable bonds is 3. The molecule has 19 heavy (non-hydrogen) atoms. The number of aromatic nitrogens is 2. The Balaban J connectivity index is 1.83. The lowest BCUT2D eigenvalue weighted by atomic mass is 9.91. The molecule has 0 radical (unpaired) electrons. The summed E-state index contributed by atoms with van der Waals surface area (Å²) in [5, 5.41) is 9.72. The smallest absolute Gasteiger partial charge is 0.246 e. The highest BCUT2D eigenvalue weighted by molar-refractivity contribution is 7.89. The van der Waals surface area contributed by atoms with Gasteiger partial charge in [-0.1, -0.05) is 0 Å². The quantitative estimate of drug-likeness (QED) is 0.850. The van der Waals surface area contributed by atoms with Crippen LogP contribution in [-0.4, -0.2) is 48.6 Å². The van der Waals surface area contributed by atoms with E-state index in [0.717, 1.165) is 38.8 Å². The van der Waals surface area contributed by atoms with Crippen molar-refractivity contribution in [3.8, 4) is 0 Å². The van der Waals surface area contributed by atoms with Crippen molar-refractivity contribution >= 4 is 10.0 Å². The number of sulfonamides is 1. The summed E-state index contributed by atoms with van der Waals surface area (Å²) < 4.78 is 26.9. The third kappa shape index (κ3) is 2.42. The first-order chi connectivity index (χ1) is 9.19. The molecule has 0 saturated carbocycles. The second-order valence-electron chi connectivity index (χ2n) is 5.37. The Bertz CT molecular complexity index is 508. The Morgan fingerprint density at radius 3 is 2.89 bits per heavy atom. The monoisotopic (exact) mass is 284 g/mol. The molecule has 1 aromatic heterocycles. The van der Waals surface area contributed by atoms with Crippen LogP contribution in [0.3, 0.4) is 0 Å². The number of aromatic amines is 1. The van der Waals surface area contributed by atoms with E-state index in [9.17, 15) is 8.42 Å². The van der Waals surface area contributed by atoms with Gasteiger partial charge in [-0.2, -0.15) is 9.40 Å². The first-order valence-corrected chi connectivity index (χ1v) is 8.35. The molecule has 1 aromatic rings. The van der Waals surface area contributed by atoms with Crippen molar-refractivity contribution in [2.24, 2.45) is 5.92 Å². The van der Waals surface area contributed by atoms with E-state index in [4.69, 9.17) is 0 Å². The average molecular weight is 284 g/mol. The minimum Gasteiger partial charge on any atom is -0.316 e. The van der Waals surface area contributed by atoms with Crippen LogP contribution in [0.25, 0.3) is 0 Å². The van der Waals surface area contributed by atoms with E-state index < -0.39 is 10.0 Å². The van der Waals surface area contributed by atoms with Crippen LogP contribution in [0.1, 0.15) is 25.7 Å². The molecule has 7 heteroatoms. The standard InChI is InChI=1S/C12H20N4O2S/c17-19(18,11-8-14-15-9-11)16-6-2-4-12(16)10-3-1-5-13-7-10/h8-10,12-13H,1-7H2,(H,14,15). The van der Waals surface area contributed by atoms with E-state index >= 15 is 0 Å². The fourth-order valence-electron chi connectivity index (χ4n) is 3.26. The Kier molecular flexibility index (Phi) is 3.60. The maximum Gasteiger partial charge on any atom is 0.246 e. The normalized spacial score (nSPS) is 29.7. The van der Waals surface area contributed by atoms with Gasteiger partial charge in [0, 0.05) is 18.8 Å². The highest BCUT2D eigenvalue weighted by Gasteiger charge is 2.40. The van der Waals surface area contributed by atoms with Crippen molar-refractivity contribution in [2.75, 3.05) is 19.6 Å². The maximum atomic E-state index is 12.6. The molecule has 0 amide bonds. The molecular formula is C12H20N4O2S. The zero-order valence-corrected chi connectivity index (χ0v) is 11.7. The molecule has 3 rings (SSSR count). The minimum absolute atomic E-state index is 0.146. The van der Waals surface area contributed by atoms with E-state index in [1.165, 1.54) is 12.4 Å². The molecule has 2 saturated heterocycles. The van der Waals surface area contributed by atoms with Crippen LogP contribution < -0.4 is 5.32 Å². The molecule has 0 bridgehead atoms. The van der Waals surface area contributed by atoms with E-state index in [2.05, 4.69) is 15.5 Å². The number of piperidine rings is 1. The maximum absolute atomic E-state index is 12.6. The van der Waals surface area contributed by atoms with Gasteiger partial charge in [-0.3, -0.25) is 5.10 Å². The summed E-state index contributed by atoms with van der Waals surface area (Å²) in [4.78, 5) is 0.281. The van der Waals surface area contributed by atoms with Gasteiger partial charge < -0.3 is 5.32 Å². The van der Waals surface area contributed by atoms with Crippen LogP contribution in [0.2, 0.25) is 0 Å². The number of H-pyrrole nitrogens is 1. The molecule has 6 nitrogen and oxygen atoms in total. The van der Waals surface area contributed by atoms with Gasteiger partial charge in [-0.15, -0.1) is 0 Å². The zero-order valence-electron chi connectivity index (χ0n) is 10.9. The van der Waals surface area contributed by atoms with Crippen molar-refractivity contribution < 1.29 is 8.42 Å². The molecule has 2 atom stereocenters. The van der Waals surface area contributed by atoms with Crippen molar-refractivity contribution in [1.29, 1.82) is 0 Å². The predicted molar refractivity (Wildman–Crippen MR) is 71.1 cm³/mol. The SMILES string of the molecule is O=S(=O)(c1cn[nH]c1)N1CCCC1C1CCCNC1. The third-order valence-electron chi connectivity index (χ3n) is 4.21. The summed E-state index contributed by atoms with van der Waals surface area (Å²) in [6, 6.07) is 0.146. The highest BCUT2D eigenvalue weighted by Crippen LogP contribution is 2.32. The van der Waals surface area contributed by atoms with Crippen LogP contribution in [0, 0.1) is 5.92 Å². The fraction of sp³-hybridized carbons (Fsp3) is 0.750. The summed E-state index contributed by atoms with van der Waals surface area (Å²) in [6.07, 6.45) is 7.05.